The minimum absolute atomic E-state index is 0.829. The molecule has 2 aromatic carbocycles. The third kappa shape index (κ3) is 3.48. The van der Waals surface area contributed by atoms with Gasteiger partial charge in [0, 0.05) is 42.1 Å². The van der Waals surface area contributed by atoms with Gasteiger partial charge in [-0.15, -0.1) is 0 Å². The van der Waals surface area contributed by atoms with Gasteiger partial charge in [0.25, 0.3) is 0 Å². The summed E-state index contributed by atoms with van der Waals surface area (Å²) in [5, 5.41) is 5.73. The van der Waals surface area contributed by atoms with Crippen molar-refractivity contribution in [3.8, 4) is 11.4 Å². The number of para-hydroxylation sites is 1. The van der Waals surface area contributed by atoms with E-state index in [1.807, 2.05) is 35.1 Å². The van der Waals surface area contributed by atoms with Gasteiger partial charge in [0.15, 0.2) is 0 Å². The molecule has 132 valence electrons. The number of aromatic nitrogens is 3. The number of ether oxygens (including phenoxy) is 1. The molecule has 0 fully saturated rings. The molecule has 2 aromatic heterocycles. The van der Waals surface area contributed by atoms with Crippen LogP contribution in [0.1, 0.15) is 11.3 Å². The molecule has 1 N–H and O–H groups in total. The number of benzene rings is 2. The highest BCUT2D eigenvalue weighted by molar-refractivity contribution is 5.80. The molecule has 26 heavy (non-hydrogen) atoms. The Hall–Kier alpha value is -3.05. The van der Waals surface area contributed by atoms with E-state index in [-0.39, 0.29) is 0 Å². The van der Waals surface area contributed by atoms with Crippen LogP contribution in [-0.2, 0) is 13.1 Å². The van der Waals surface area contributed by atoms with Crippen molar-refractivity contribution >= 4 is 10.9 Å². The molecule has 0 aliphatic rings. The van der Waals surface area contributed by atoms with Gasteiger partial charge in [-0.05, 0) is 36.7 Å². The largest absolute Gasteiger partial charge is 0.497 e. The molecule has 5 nitrogen and oxygen atoms in total. The Kier molecular flexibility index (Phi) is 4.46. The molecule has 4 aromatic rings. The number of methoxy groups -OCH3 is 1. The monoisotopic (exact) mass is 346 g/mol. The quantitative estimate of drug-likeness (QED) is 0.574. The number of nitrogens with one attached hydrogen (secondary N) is 1. The molecule has 0 spiro atoms. The van der Waals surface area contributed by atoms with Crippen LogP contribution in [0.5, 0.6) is 5.75 Å². The lowest BCUT2D eigenvalue weighted by Crippen LogP contribution is -2.17. The second-order valence-electron chi connectivity index (χ2n) is 6.55. The van der Waals surface area contributed by atoms with Gasteiger partial charge in [-0.2, -0.15) is 5.10 Å². The molecular formula is C21H22N4O. The first kappa shape index (κ1) is 16.4. The van der Waals surface area contributed by atoms with Crippen molar-refractivity contribution in [3.05, 3.63) is 78.2 Å². The first-order valence-electron chi connectivity index (χ1n) is 8.64. The Morgan fingerprint density at radius 2 is 1.96 bits per heavy atom. The number of fused-ring (bicyclic) bond motifs is 1. The lowest BCUT2D eigenvalue weighted by Gasteiger charge is -2.14. The summed E-state index contributed by atoms with van der Waals surface area (Å²) in [7, 11) is 3.79. The summed E-state index contributed by atoms with van der Waals surface area (Å²) in [6.07, 6.45) is 3.98. The minimum Gasteiger partial charge on any atom is -0.497 e. The zero-order valence-electron chi connectivity index (χ0n) is 15.0. The molecular weight excluding hydrogens is 324 g/mol. The number of H-pyrrole nitrogens is 1. The molecule has 0 aliphatic carbocycles. The number of rotatable bonds is 6. The summed E-state index contributed by atoms with van der Waals surface area (Å²) in [6, 6.07) is 18.5. The van der Waals surface area contributed by atoms with Gasteiger partial charge in [-0.1, -0.05) is 24.3 Å². The fourth-order valence-corrected chi connectivity index (χ4v) is 3.21. The average molecular weight is 346 g/mol. The summed E-state index contributed by atoms with van der Waals surface area (Å²) in [5.41, 5.74) is 4.57. The molecule has 5 heteroatoms. The van der Waals surface area contributed by atoms with Crippen molar-refractivity contribution in [2.45, 2.75) is 13.1 Å². The van der Waals surface area contributed by atoms with E-state index in [0.717, 1.165) is 24.5 Å². The third-order valence-electron chi connectivity index (χ3n) is 4.43. The fraction of sp³-hybridized carbons (Fsp3) is 0.190. The van der Waals surface area contributed by atoms with Gasteiger partial charge < -0.3 is 9.72 Å². The van der Waals surface area contributed by atoms with E-state index < -0.39 is 0 Å². The Morgan fingerprint density at radius 3 is 2.81 bits per heavy atom. The predicted molar refractivity (Wildman–Crippen MR) is 104 cm³/mol. The molecule has 0 saturated heterocycles. The Balaban J connectivity index is 1.44. The van der Waals surface area contributed by atoms with Crippen molar-refractivity contribution in [1.29, 1.82) is 0 Å². The van der Waals surface area contributed by atoms with Gasteiger partial charge in [0.2, 0.25) is 0 Å². The number of aromatic amines is 1. The molecule has 0 saturated carbocycles. The highest BCUT2D eigenvalue weighted by Crippen LogP contribution is 2.18. The Labute approximate surface area is 152 Å². The second-order valence-corrected chi connectivity index (χ2v) is 6.55. The van der Waals surface area contributed by atoms with Crippen LogP contribution in [0.15, 0.2) is 67.0 Å². The van der Waals surface area contributed by atoms with Crippen molar-refractivity contribution < 1.29 is 4.74 Å². The smallest absolute Gasteiger partial charge is 0.121 e. The van der Waals surface area contributed by atoms with Gasteiger partial charge >= 0.3 is 0 Å². The van der Waals surface area contributed by atoms with E-state index >= 15 is 0 Å². The molecule has 0 unspecified atom stereocenters. The van der Waals surface area contributed by atoms with Gasteiger partial charge in [0.1, 0.15) is 5.75 Å². The zero-order valence-corrected chi connectivity index (χ0v) is 15.0. The van der Waals surface area contributed by atoms with Crippen molar-refractivity contribution in [3.63, 3.8) is 0 Å². The van der Waals surface area contributed by atoms with Crippen LogP contribution in [0.25, 0.3) is 16.6 Å². The topological polar surface area (TPSA) is 46.1 Å². The first-order valence-corrected chi connectivity index (χ1v) is 8.64. The molecule has 0 atom stereocenters. The fourth-order valence-electron chi connectivity index (χ4n) is 3.21. The number of nitrogens with zero attached hydrogens (tertiary/aromatic N) is 3. The standard InChI is InChI=1S/C21H22N4O/c1-24(15-18-10-17-6-3-4-9-21(17)23-18)13-16-12-22-25(14-16)19-7-5-8-20(11-19)26-2/h3-12,14,23H,13,15H2,1-2H3. The normalized spacial score (nSPS) is 11.3. The SMILES string of the molecule is COc1cccc(-n2cc(CN(C)Cc3cc4ccccc4[nH]3)cn2)c1. The lowest BCUT2D eigenvalue weighted by molar-refractivity contribution is 0.316. The van der Waals surface area contributed by atoms with Crippen molar-refractivity contribution in [1.82, 2.24) is 19.7 Å². The van der Waals surface area contributed by atoms with E-state index in [9.17, 15) is 0 Å². The highest BCUT2D eigenvalue weighted by Gasteiger charge is 2.08. The maximum absolute atomic E-state index is 5.29. The average Bonchev–Trinajstić information content (AvgIpc) is 3.28. The molecule has 0 amide bonds. The summed E-state index contributed by atoms with van der Waals surface area (Å²) in [6.45, 7) is 1.69. The van der Waals surface area contributed by atoms with Crippen LogP contribution in [0, 0.1) is 0 Å². The molecule has 0 aliphatic heterocycles. The predicted octanol–water partition coefficient (Wildman–Crippen LogP) is 3.99. The van der Waals surface area contributed by atoms with Crippen LogP contribution >= 0.6 is 0 Å². The molecule has 2 heterocycles. The third-order valence-corrected chi connectivity index (χ3v) is 4.43. The Morgan fingerprint density at radius 1 is 1.08 bits per heavy atom. The van der Waals surface area contributed by atoms with Crippen LogP contribution < -0.4 is 4.74 Å². The van der Waals surface area contributed by atoms with Crippen LogP contribution in [0.3, 0.4) is 0 Å². The van der Waals surface area contributed by atoms with Crippen molar-refractivity contribution in [2.24, 2.45) is 0 Å². The number of hydrogen-bond donors (Lipinski definition) is 1. The zero-order chi connectivity index (χ0) is 17.9. The summed E-state index contributed by atoms with van der Waals surface area (Å²) in [4.78, 5) is 5.76. The molecule has 0 radical (unpaired) electrons. The Bertz CT molecular complexity index is 984. The van der Waals surface area contributed by atoms with E-state index in [1.54, 1.807) is 7.11 Å². The van der Waals surface area contributed by atoms with E-state index in [1.165, 1.54) is 22.2 Å². The van der Waals surface area contributed by atoms with Gasteiger partial charge in [-0.3, -0.25) is 4.90 Å². The van der Waals surface area contributed by atoms with Gasteiger partial charge in [-0.25, -0.2) is 4.68 Å². The van der Waals surface area contributed by atoms with Crippen molar-refractivity contribution in [2.75, 3.05) is 14.2 Å². The first-order chi connectivity index (χ1) is 12.7. The number of hydrogen-bond acceptors (Lipinski definition) is 3. The van der Waals surface area contributed by atoms with Crippen LogP contribution in [0.2, 0.25) is 0 Å². The highest BCUT2D eigenvalue weighted by atomic mass is 16.5. The van der Waals surface area contributed by atoms with Crippen LogP contribution in [-0.4, -0.2) is 33.8 Å². The summed E-state index contributed by atoms with van der Waals surface area (Å²) >= 11 is 0. The van der Waals surface area contributed by atoms with Crippen LogP contribution in [0.4, 0.5) is 0 Å². The summed E-state index contributed by atoms with van der Waals surface area (Å²) in [5.74, 6) is 0.829. The molecule has 0 bridgehead atoms. The van der Waals surface area contributed by atoms with E-state index in [4.69, 9.17) is 4.74 Å². The lowest BCUT2D eigenvalue weighted by atomic mass is 10.2. The maximum Gasteiger partial charge on any atom is 0.121 e. The van der Waals surface area contributed by atoms with E-state index in [2.05, 4.69) is 58.6 Å². The molecule has 4 rings (SSSR count). The second kappa shape index (κ2) is 7.06. The summed E-state index contributed by atoms with van der Waals surface area (Å²) < 4.78 is 7.17. The minimum atomic E-state index is 0.829. The van der Waals surface area contributed by atoms with E-state index in [0.29, 0.717) is 0 Å². The maximum atomic E-state index is 5.29. The van der Waals surface area contributed by atoms with Gasteiger partial charge in [0.05, 0.1) is 19.0 Å².